The summed E-state index contributed by atoms with van der Waals surface area (Å²) in [6.45, 7) is 14.4. The average Bonchev–Trinajstić information content (AvgIpc) is 3.56. The molecule has 0 aromatic carbocycles. The smallest absolute Gasteiger partial charge is 0.363 e. The molecule has 4 atom stereocenters. The quantitative estimate of drug-likeness (QED) is 0.268. The molecule has 0 bridgehead atoms. The molecule has 0 aliphatic carbocycles. The largest absolute Gasteiger partial charge is 0.389 e. The number of hydrogen-bond donors (Lipinski definition) is 4. The van der Waals surface area contributed by atoms with Crippen LogP contribution in [0.4, 0.5) is 18.0 Å². The first-order valence-corrected chi connectivity index (χ1v) is 15.0. The number of alkyl halides is 3. The van der Waals surface area contributed by atoms with Gasteiger partial charge in [0.2, 0.25) is 23.5 Å². The van der Waals surface area contributed by atoms with E-state index in [0.29, 0.717) is 13.1 Å². The standard InChI is InChI=1S/C25H39F3N6O6.C4H10/c1-14-11-16(21(38)31-15(18(36)20(29)37)7-8-25(26,27)28)34(13-14)22(39)19(24(2,3)4)32-23(40)30-12-17(35)33-9-5-6-10-33;1-4(2)3/h14-16,19H,5-13H2,1-4H3,(H2,29,37)(H,31,38)(H2,30,32,40);4H,1-3H3/t14?,15?,16-,19?;/m0./s1. The Balaban J connectivity index is 0.00000227. The summed E-state index contributed by atoms with van der Waals surface area (Å²) in [6, 6.07) is -4.87. The molecule has 2 fully saturated rings. The third-order valence-corrected chi connectivity index (χ3v) is 6.94. The van der Waals surface area contributed by atoms with E-state index in [0.717, 1.165) is 18.8 Å². The second kappa shape index (κ2) is 16.6. The molecular formula is C29H49F3N6O6. The average molecular weight is 635 g/mol. The van der Waals surface area contributed by atoms with Crippen molar-refractivity contribution in [2.75, 3.05) is 26.2 Å². The molecule has 0 aromatic heterocycles. The lowest BCUT2D eigenvalue weighted by molar-refractivity contribution is -0.146. The van der Waals surface area contributed by atoms with Crippen LogP contribution in [0.2, 0.25) is 0 Å². The Morgan fingerprint density at radius 3 is 1.98 bits per heavy atom. The predicted octanol–water partition coefficient (Wildman–Crippen LogP) is 2.10. The van der Waals surface area contributed by atoms with Gasteiger partial charge in [-0.1, -0.05) is 48.5 Å². The molecule has 3 unspecified atom stereocenters. The molecule has 5 N–H and O–H groups in total. The van der Waals surface area contributed by atoms with Gasteiger partial charge in [-0.2, -0.15) is 13.2 Å². The van der Waals surface area contributed by atoms with Gasteiger partial charge in [0.25, 0.3) is 5.91 Å². The summed E-state index contributed by atoms with van der Waals surface area (Å²) < 4.78 is 38.3. The molecule has 2 saturated heterocycles. The number of halogens is 3. The highest BCUT2D eigenvalue weighted by Gasteiger charge is 2.45. The summed E-state index contributed by atoms with van der Waals surface area (Å²) in [7, 11) is 0. The molecule has 0 aromatic rings. The Morgan fingerprint density at radius 1 is 0.955 bits per heavy atom. The molecule has 252 valence electrons. The van der Waals surface area contributed by atoms with Gasteiger partial charge in [0.1, 0.15) is 12.1 Å². The molecule has 6 amide bonds. The van der Waals surface area contributed by atoms with Gasteiger partial charge in [0.15, 0.2) is 0 Å². The number of carbonyl (C=O) groups is 6. The number of primary amides is 1. The second-order valence-electron chi connectivity index (χ2n) is 13.2. The van der Waals surface area contributed by atoms with Crippen molar-refractivity contribution in [2.45, 2.75) is 105 Å². The van der Waals surface area contributed by atoms with E-state index in [2.05, 4.69) is 36.7 Å². The maximum absolute atomic E-state index is 13.7. The van der Waals surface area contributed by atoms with E-state index < -0.39 is 72.1 Å². The van der Waals surface area contributed by atoms with Crippen LogP contribution in [0, 0.1) is 17.3 Å². The normalized spacial score (nSPS) is 19.9. The van der Waals surface area contributed by atoms with E-state index in [1.165, 1.54) is 4.90 Å². The van der Waals surface area contributed by atoms with Crippen molar-refractivity contribution in [2.24, 2.45) is 23.0 Å². The number of nitrogens with two attached hydrogens (primary N) is 1. The van der Waals surface area contributed by atoms with E-state index in [1.807, 2.05) is 0 Å². The van der Waals surface area contributed by atoms with Gasteiger partial charge in [-0.05, 0) is 42.9 Å². The third kappa shape index (κ3) is 13.1. The summed E-state index contributed by atoms with van der Waals surface area (Å²) >= 11 is 0. The van der Waals surface area contributed by atoms with Gasteiger partial charge in [0.05, 0.1) is 12.6 Å². The second-order valence-corrected chi connectivity index (χ2v) is 13.2. The molecule has 12 nitrogen and oxygen atoms in total. The number of nitrogens with one attached hydrogen (secondary N) is 3. The molecule has 2 aliphatic heterocycles. The van der Waals surface area contributed by atoms with Crippen LogP contribution < -0.4 is 21.7 Å². The molecular weight excluding hydrogens is 585 g/mol. The summed E-state index contributed by atoms with van der Waals surface area (Å²) in [5.41, 5.74) is 4.12. The summed E-state index contributed by atoms with van der Waals surface area (Å²) in [5.74, 6) is -4.00. The van der Waals surface area contributed by atoms with Crippen LogP contribution in [-0.4, -0.2) is 95.7 Å². The van der Waals surface area contributed by atoms with Crippen LogP contribution in [0.15, 0.2) is 0 Å². The maximum Gasteiger partial charge on any atom is 0.389 e. The van der Waals surface area contributed by atoms with E-state index in [9.17, 15) is 41.9 Å². The highest BCUT2D eigenvalue weighted by molar-refractivity contribution is 6.37. The fraction of sp³-hybridized carbons (Fsp3) is 0.793. The Bertz CT molecular complexity index is 1040. The first kappa shape index (κ1) is 38.6. The van der Waals surface area contributed by atoms with E-state index in [-0.39, 0.29) is 31.3 Å². The number of hydrogen-bond acceptors (Lipinski definition) is 6. The minimum Gasteiger partial charge on any atom is -0.363 e. The lowest BCUT2D eigenvalue weighted by Crippen LogP contribution is -2.60. The number of Topliss-reactive ketones (excluding diaryl/α,β-unsaturated/α-hetero) is 1. The number of rotatable bonds is 10. The lowest BCUT2D eigenvalue weighted by Gasteiger charge is -2.35. The van der Waals surface area contributed by atoms with Crippen molar-refractivity contribution >= 4 is 35.4 Å². The van der Waals surface area contributed by atoms with Crippen LogP contribution >= 0.6 is 0 Å². The Kier molecular flexibility index (Phi) is 14.6. The first-order valence-electron chi connectivity index (χ1n) is 15.0. The van der Waals surface area contributed by atoms with Crippen LogP contribution in [0.25, 0.3) is 0 Å². The molecule has 15 heteroatoms. The molecule has 0 saturated carbocycles. The van der Waals surface area contributed by atoms with Crippen LogP contribution in [0.1, 0.15) is 80.6 Å². The van der Waals surface area contributed by atoms with Gasteiger partial charge < -0.3 is 31.5 Å². The van der Waals surface area contributed by atoms with Gasteiger partial charge in [-0.15, -0.1) is 0 Å². The molecule has 2 heterocycles. The Morgan fingerprint density at radius 2 is 1.50 bits per heavy atom. The fourth-order valence-corrected chi connectivity index (χ4v) is 4.79. The van der Waals surface area contributed by atoms with Crippen molar-refractivity contribution in [3.05, 3.63) is 0 Å². The van der Waals surface area contributed by atoms with Gasteiger partial charge >= 0.3 is 12.2 Å². The number of likely N-dealkylation sites (tertiary alicyclic amines) is 2. The number of urea groups is 1. The van der Waals surface area contributed by atoms with E-state index in [4.69, 9.17) is 5.73 Å². The first-order chi connectivity index (χ1) is 20.1. The number of ketones is 1. The summed E-state index contributed by atoms with van der Waals surface area (Å²) in [4.78, 5) is 78.0. The zero-order chi connectivity index (χ0) is 34.0. The minimum atomic E-state index is -4.64. The number of amides is 6. The van der Waals surface area contributed by atoms with Crippen molar-refractivity contribution in [3.8, 4) is 0 Å². The highest BCUT2D eigenvalue weighted by atomic mass is 19.4. The molecule has 0 spiro atoms. The van der Waals surface area contributed by atoms with E-state index >= 15 is 0 Å². The summed E-state index contributed by atoms with van der Waals surface area (Å²) in [6.07, 6.45) is -5.05. The molecule has 44 heavy (non-hydrogen) atoms. The molecule has 0 radical (unpaired) electrons. The minimum absolute atomic E-state index is 0.108. The van der Waals surface area contributed by atoms with Gasteiger partial charge in [0, 0.05) is 26.1 Å². The van der Waals surface area contributed by atoms with Crippen molar-refractivity contribution in [1.82, 2.24) is 25.8 Å². The van der Waals surface area contributed by atoms with Gasteiger partial charge in [-0.3, -0.25) is 24.0 Å². The van der Waals surface area contributed by atoms with Crippen LogP contribution in [0.5, 0.6) is 0 Å². The molecule has 2 aliphatic rings. The van der Waals surface area contributed by atoms with Crippen LogP contribution in [0.3, 0.4) is 0 Å². The topological polar surface area (TPSA) is 171 Å². The maximum atomic E-state index is 13.7. The lowest BCUT2D eigenvalue weighted by atomic mass is 9.85. The Labute approximate surface area is 257 Å². The fourth-order valence-electron chi connectivity index (χ4n) is 4.79. The zero-order valence-corrected chi connectivity index (χ0v) is 26.8. The van der Waals surface area contributed by atoms with Crippen molar-refractivity contribution in [3.63, 3.8) is 0 Å². The molecule has 2 rings (SSSR count). The van der Waals surface area contributed by atoms with E-state index in [1.54, 1.807) is 32.6 Å². The third-order valence-electron chi connectivity index (χ3n) is 6.94. The van der Waals surface area contributed by atoms with Crippen molar-refractivity contribution in [1.29, 1.82) is 0 Å². The zero-order valence-electron chi connectivity index (χ0n) is 26.8. The highest BCUT2D eigenvalue weighted by Crippen LogP contribution is 2.29. The monoisotopic (exact) mass is 634 g/mol. The predicted molar refractivity (Wildman–Crippen MR) is 157 cm³/mol. The van der Waals surface area contributed by atoms with Gasteiger partial charge in [-0.25, -0.2) is 4.79 Å². The SMILES string of the molecule is CC(C)C.CC1C[C@@H](C(=O)NC(CCC(F)(F)F)C(=O)C(N)=O)N(C(=O)C(NC(=O)NCC(=O)N2CCCC2)C(C)(C)C)C1. The Hall–Kier alpha value is -3.39. The number of nitrogens with zero attached hydrogens (tertiary/aromatic N) is 2. The van der Waals surface area contributed by atoms with Crippen molar-refractivity contribution < 1.29 is 41.9 Å². The van der Waals surface area contributed by atoms with Crippen LogP contribution in [-0.2, 0) is 24.0 Å². The number of carbonyl (C=O) groups excluding carboxylic acids is 6. The summed E-state index contributed by atoms with van der Waals surface area (Å²) in [5, 5.41) is 7.21.